The molecule has 0 aliphatic heterocycles. The molecule has 0 atom stereocenters. The smallest absolute Gasteiger partial charge is 0.0464 e. The number of nitrogens with one attached hydrogen (secondary N) is 1. The van der Waals surface area contributed by atoms with Crippen LogP contribution in [0.3, 0.4) is 0 Å². The molecule has 0 spiro atoms. The molecule has 0 aromatic carbocycles. The number of H-pyrrole nitrogens is 1. The van der Waals surface area contributed by atoms with Gasteiger partial charge in [-0.1, -0.05) is 56.2 Å². The summed E-state index contributed by atoms with van der Waals surface area (Å²) >= 11 is 0. The summed E-state index contributed by atoms with van der Waals surface area (Å²) in [6.45, 7) is 13.2. The average Bonchev–Trinajstić information content (AvgIpc) is 2.69. The van der Waals surface area contributed by atoms with Crippen molar-refractivity contribution in [1.29, 1.82) is 0 Å². The molecular formula is C15H17N. The van der Waals surface area contributed by atoms with Gasteiger partial charge in [-0.25, -0.2) is 0 Å². The van der Waals surface area contributed by atoms with E-state index in [-0.39, 0.29) is 0 Å². The first-order valence-corrected chi connectivity index (χ1v) is 5.20. The van der Waals surface area contributed by atoms with E-state index in [1.807, 2.05) is 31.2 Å². The van der Waals surface area contributed by atoms with E-state index in [2.05, 4.69) is 30.8 Å². The summed E-state index contributed by atoms with van der Waals surface area (Å²) in [4.78, 5) is 3.33. The largest absolute Gasteiger partial charge is 0.355 e. The molecule has 82 valence electrons. The molecule has 1 rings (SSSR count). The van der Waals surface area contributed by atoms with Gasteiger partial charge in [0.25, 0.3) is 0 Å². The van der Waals surface area contributed by atoms with Gasteiger partial charge in [-0.3, -0.25) is 0 Å². The minimum atomic E-state index is 1.03. The highest BCUT2D eigenvalue weighted by molar-refractivity contribution is 5.72. The summed E-state index contributed by atoms with van der Waals surface area (Å²) in [6.07, 6.45) is 11.3. The molecular weight excluding hydrogens is 194 g/mol. The SMILES string of the molecule is C=C/C=c1/cc(/C(C=C)=C/C=C)[nH]/c1=C/C. The summed E-state index contributed by atoms with van der Waals surface area (Å²) in [5.41, 5.74) is 2.07. The number of hydrogen-bond donors (Lipinski definition) is 1. The molecule has 1 N–H and O–H groups in total. The predicted molar refractivity (Wildman–Crippen MR) is 73.2 cm³/mol. The van der Waals surface area contributed by atoms with Crippen LogP contribution >= 0.6 is 0 Å². The molecule has 0 fully saturated rings. The standard InChI is InChI=1S/C15H17N/c1-5-9-12(7-3)15-11-13(10-6-2)14(8-4)16-15/h5-11,16H,1-3H2,4H3/b12-9+,13-10-,14-8+. The molecule has 0 aliphatic rings. The van der Waals surface area contributed by atoms with Gasteiger partial charge in [-0.2, -0.15) is 0 Å². The van der Waals surface area contributed by atoms with Crippen molar-refractivity contribution >= 4 is 17.7 Å². The number of aromatic amines is 1. The Balaban J connectivity index is 3.44. The number of hydrogen-bond acceptors (Lipinski definition) is 0. The lowest BCUT2D eigenvalue weighted by Crippen LogP contribution is -2.20. The maximum Gasteiger partial charge on any atom is 0.0464 e. The van der Waals surface area contributed by atoms with Crippen molar-refractivity contribution in [2.24, 2.45) is 0 Å². The van der Waals surface area contributed by atoms with Gasteiger partial charge in [-0.15, -0.1) is 0 Å². The normalized spacial score (nSPS) is 13.9. The van der Waals surface area contributed by atoms with Crippen molar-refractivity contribution in [3.8, 4) is 0 Å². The van der Waals surface area contributed by atoms with Crippen LogP contribution in [0.2, 0.25) is 0 Å². The zero-order valence-corrected chi connectivity index (χ0v) is 9.66. The van der Waals surface area contributed by atoms with E-state index in [1.165, 1.54) is 0 Å². The van der Waals surface area contributed by atoms with Crippen LogP contribution in [-0.2, 0) is 0 Å². The van der Waals surface area contributed by atoms with Gasteiger partial charge in [0.1, 0.15) is 0 Å². The summed E-state index contributed by atoms with van der Waals surface area (Å²) in [7, 11) is 0. The van der Waals surface area contributed by atoms with E-state index in [1.54, 1.807) is 12.2 Å². The topological polar surface area (TPSA) is 15.8 Å². The van der Waals surface area contributed by atoms with Crippen LogP contribution in [0.25, 0.3) is 17.7 Å². The van der Waals surface area contributed by atoms with Crippen molar-refractivity contribution < 1.29 is 0 Å². The van der Waals surface area contributed by atoms with Crippen molar-refractivity contribution in [2.45, 2.75) is 6.92 Å². The Hall–Kier alpha value is -2.02. The molecule has 1 nitrogen and oxygen atoms in total. The molecule has 0 amide bonds. The summed E-state index contributed by atoms with van der Waals surface area (Å²) in [6, 6.07) is 2.08. The molecule has 0 bridgehead atoms. The molecule has 0 aliphatic carbocycles. The maximum absolute atomic E-state index is 3.79. The second-order valence-electron chi connectivity index (χ2n) is 3.30. The van der Waals surface area contributed by atoms with Gasteiger partial charge in [0.2, 0.25) is 0 Å². The summed E-state index contributed by atoms with van der Waals surface area (Å²) in [5.74, 6) is 0. The van der Waals surface area contributed by atoms with Crippen molar-refractivity contribution in [3.05, 3.63) is 66.4 Å². The molecule has 0 saturated heterocycles. The number of rotatable bonds is 4. The monoisotopic (exact) mass is 211 g/mol. The molecule has 0 unspecified atom stereocenters. The minimum absolute atomic E-state index is 1.03. The van der Waals surface area contributed by atoms with Gasteiger partial charge in [0.15, 0.2) is 0 Å². The van der Waals surface area contributed by atoms with Crippen LogP contribution in [0.15, 0.2) is 50.1 Å². The fourth-order valence-electron chi connectivity index (χ4n) is 1.54. The van der Waals surface area contributed by atoms with Crippen molar-refractivity contribution in [3.63, 3.8) is 0 Å². The first-order chi connectivity index (χ1) is 7.76. The summed E-state index contributed by atoms with van der Waals surface area (Å²) in [5, 5.41) is 2.22. The molecule has 1 aromatic heterocycles. The second-order valence-corrected chi connectivity index (χ2v) is 3.30. The molecule has 1 aromatic rings. The summed E-state index contributed by atoms with van der Waals surface area (Å²) < 4.78 is 0. The molecule has 0 saturated carbocycles. The third-order valence-electron chi connectivity index (χ3n) is 2.29. The fraction of sp³-hybridized carbons (Fsp3) is 0.0667. The lowest BCUT2D eigenvalue weighted by atomic mass is 10.1. The van der Waals surface area contributed by atoms with Gasteiger partial charge in [-0.05, 0) is 23.8 Å². The molecule has 0 radical (unpaired) electrons. The molecule has 16 heavy (non-hydrogen) atoms. The van der Waals surface area contributed by atoms with Crippen LogP contribution in [0, 0.1) is 0 Å². The highest BCUT2D eigenvalue weighted by atomic mass is 14.7. The van der Waals surface area contributed by atoms with E-state index in [0.29, 0.717) is 0 Å². The van der Waals surface area contributed by atoms with Crippen LogP contribution in [-0.4, -0.2) is 4.98 Å². The lowest BCUT2D eigenvalue weighted by Gasteiger charge is -1.95. The Morgan fingerprint density at radius 1 is 1.25 bits per heavy atom. The van der Waals surface area contributed by atoms with Gasteiger partial charge < -0.3 is 4.98 Å². The van der Waals surface area contributed by atoms with Crippen LogP contribution in [0.1, 0.15) is 12.6 Å². The van der Waals surface area contributed by atoms with Gasteiger partial charge >= 0.3 is 0 Å². The Kier molecular flexibility index (Phi) is 4.34. The van der Waals surface area contributed by atoms with Gasteiger partial charge in [0, 0.05) is 11.0 Å². The second kappa shape index (κ2) is 5.76. The Labute approximate surface area is 96.5 Å². The Morgan fingerprint density at radius 3 is 2.50 bits per heavy atom. The zero-order valence-electron chi connectivity index (χ0n) is 9.66. The van der Waals surface area contributed by atoms with Crippen molar-refractivity contribution in [1.82, 2.24) is 4.98 Å². The van der Waals surface area contributed by atoms with Crippen LogP contribution in [0.5, 0.6) is 0 Å². The highest BCUT2D eigenvalue weighted by Gasteiger charge is 1.98. The van der Waals surface area contributed by atoms with E-state index >= 15 is 0 Å². The zero-order chi connectivity index (χ0) is 12.0. The third kappa shape index (κ3) is 2.51. The molecule has 1 heteroatoms. The predicted octanol–water partition coefficient (Wildman–Crippen LogP) is 2.54. The van der Waals surface area contributed by atoms with E-state index in [0.717, 1.165) is 21.8 Å². The van der Waals surface area contributed by atoms with E-state index in [4.69, 9.17) is 0 Å². The minimum Gasteiger partial charge on any atom is -0.355 e. The maximum atomic E-state index is 3.79. The highest BCUT2D eigenvalue weighted by Crippen LogP contribution is 2.09. The quantitative estimate of drug-likeness (QED) is 0.737. The Morgan fingerprint density at radius 2 is 2.00 bits per heavy atom. The van der Waals surface area contributed by atoms with Crippen LogP contribution < -0.4 is 10.6 Å². The first-order valence-electron chi connectivity index (χ1n) is 5.20. The first kappa shape index (κ1) is 12.1. The third-order valence-corrected chi connectivity index (χ3v) is 2.29. The molecule has 1 heterocycles. The number of aromatic nitrogens is 1. The lowest BCUT2D eigenvalue weighted by molar-refractivity contribution is 1.28. The number of allylic oxidation sites excluding steroid dienone is 5. The van der Waals surface area contributed by atoms with Crippen molar-refractivity contribution in [2.75, 3.05) is 0 Å². The van der Waals surface area contributed by atoms with Gasteiger partial charge in [0.05, 0.1) is 0 Å². The van der Waals surface area contributed by atoms with E-state index in [9.17, 15) is 0 Å². The average molecular weight is 211 g/mol. The Bertz CT molecular complexity index is 538. The van der Waals surface area contributed by atoms with E-state index < -0.39 is 0 Å². The fourth-order valence-corrected chi connectivity index (χ4v) is 1.54. The van der Waals surface area contributed by atoms with Crippen LogP contribution in [0.4, 0.5) is 0 Å².